The Kier molecular flexibility index (Phi) is 8.42. The summed E-state index contributed by atoms with van der Waals surface area (Å²) in [5, 5.41) is 14.2. The van der Waals surface area contributed by atoms with Crippen molar-refractivity contribution < 1.29 is 24.1 Å². The Labute approximate surface area is 215 Å². The van der Waals surface area contributed by atoms with Crippen molar-refractivity contribution in [1.82, 2.24) is 10.2 Å². The number of aliphatic hydroxyl groups is 1. The van der Waals surface area contributed by atoms with E-state index in [2.05, 4.69) is 39.1 Å². The number of carbonyl (C=O) groups is 1. The maximum atomic E-state index is 12.6. The van der Waals surface area contributed by atoms with Crippen molar-refractivity contribution in [1.29, 1.82) is 0 Å². The molecule has 1 aromatic carbocycles. The Morgan fingerprint density at radius 2 is 2.14 bits per heavy atom. The average Bonchev–Trinajstić information content (AvgIpc) is 2.87. The summed E-state index contributed by atoms with van der Waals surface area (Å²) in [7, 11) is 1.60. The van der Waals surface area contributed by atoms with Crippen molar-refractivity contribution in [3.05, 3.63) is 40.9 Å². The second-order valence-corrected chi connectivity index (χ2v) is 10.6. The monoisotopic (exact) mass is 549 g/mol. The molecule has 1 amide bonds. The molecule has 192 valence electrons. The van der Waals surface area contributed by atoms with Gasteiger partial charge in [-0.25, -0.2) is 0 Å². The molecule has 1 saturated heterocycles. The molecule has 0 radical (unpaired) electrons. The number of likely N-dealkylation sites (tertiary alicyclic amines) is 1. The van der Waals surface area contributed by atoms with Crippen LogP contribution in [0.4, 0.5) is 0 Å². The fraction of sp³-hybridized carbons (Fsp3) is 0.577. The third-order valence-corrected chi connectivity index (χ3v) is 7.99. The van der Waals surface area contributed by atoms with Crippen LogP contribution in [-0.4, -0.2) is 73.6 Å². The summed E-state index contributed by atoms with van der Waals surface area (Å²) in [6.45, 7) is 4.35. The third kappa shape index (κ3) is 5.85. The van der Waals surface area contributed by atoms with E-state index in [9.17, 15) is 9.90 Å². The van der Waals surface area contributed by atoms with E-state index in [1.165, 1.54) is 0 Å². The minimum atomic E-state index is -0.707. The zero-order chi connectivity index (χ0) is 25.0. The SMILES string of the molecule is CCC1(C(C(N)=O)N2CCC(NCC(O)C3COc4cc(OC)ccc4O3)CC2)C=CC=C(Br)C1. The predicted molar refractivity (Wildman–Crippen MR) is 138 cm³/mol. The number of nitrogens with one attached hydrogen (secondary N) is 1. The number of allylic oxidation sites excluding steroid dienone is 3. The highest BCUT2D eigenvalue weighted by atomic mass is 79.9. The average molecular weight is 550 g/mol. The van der Waals surface area contributed by atoms with Crippen LogP contribution in [0.1, 0.15) is 32.6 Å². The molecule has 3 aliphatic rings. The summed E-state index contributed by atoms with van der Waals surface area (Å²) in [6.07, 6.45) is 8.41. The van der Waals surface area contributed by atoms with Crippen LogP contribution in [0, 0.1) is 5.41 Å². The van der Waals surface area contributed by atoms with E-state index in [1.807, 2.05) is 18.2 Å². The summed E-state index contributed by atoms with van der Waals surface area (Å²) in [6, 6.07) is 5.29. The first kappa shape index (κ1) is 26.0. The van der Waals surface area contributed by atoms with Gasteiger partial charge in [0.25, 0.3) is 0 Å². The smallest absolute Gasteiger partial charge is 0.235 e. The number of nitrogens with zero attached hydrogens (tertiary/aromatic N) is 1. The lowest BCUT2D eigenvalue weighted by Gasteiger charge is -2.46. The van der Waals surface area contributed by atoms with E-state index in [0.717, 1.165) is 43.3 Å². The van der Waals surface area contributed by atoms with Gasteiger partial charge < -0.3 is 30.4 Å². The minimum Gasteiger partial charge on any atom is -0.497 e. The number of primary amides is 1. The van der Waals surface area contributed by atoms with Crippen molar-refractivity contribution in [2.75, 3.05) is 33.4 Å². The molecular weight excluding hydrogens is 514 g/mol. The molecule has 1 aromatic rings. The van der Waals surface area contributed by atoms with E-state index in [0.29, 0.717) is 23.8 Å². The van der Waals surface area contributed by atoms with Gasteiger partial charge in [-0.1, -0.05) is 41.1 Å². The summed E-state index contributed by atoms with van der Waals surface area (Å²) < 4.78 is 18.1. The molecular formula is C26H36BrN3O5. The molecule has 8 nitrogen and oxygen atoms in total. The largest absolute Gasteiger partial charge is 0.497 e. The predicted octanol–water partition coefficient (Wildman–Crippen LogP) is 2.74. The third-order valence-electron chi connectivity index (χ3n) is 7.45. The van der Waals surface area contributed by atoms with Crippen LogP contribution in [0.15, 0.2) is 40.9 Å². The number of halogens is 1. The fourth-order valence-electron chi connectivity index (χ4n) is 5.39. The first-order valence-corrected chi connectivity index (χ1v) is 13.1. The molecule has 4 N–H and O–H groups in total. The quantitative estimate of drug-likeness (QED) is 0.434. The number of benzene rings is 1. The van der Waals surface area contributed by atoms with Crippen LogP contribution in [0.2, 0.25) is 0 Å². The second-order valence-electron chi connectivity index (χ2n) is 9.61. The molecule has 0 saturated carbocycles. The van der Waals surface area contributed by atoms with E-state index in [-0.39, 0.29) is 30.0 Å². The maximum absolute atomic E-state index is 12.6. The van der Waals surface area contributed by atoms with Crippen LogP contribution in [0.25, 0.3) is 0 Å². The van der Waals surface area contributed by atoms with Gasteiger partial charge in [0, 0.05) is 37.2 Å². The minimum absolute atomic E-state index is 0.251. The fourth-order valence-corrected chi connectivity index (χ4v) is 6.07. The normalized spacial score (nSPS) is 26.6. The van der Waals surface area contributed by atoms with Crippen molar-refractivity contribution in [3.8, 4) is 17.2 Å². The molecule has 1 aliphatic carbocycles. The van der Waals surface area contributed by atoms with Gasteiger partial charge in [0.2, 0.25) is 5.91 Å². The molecule has 0 aromatic heterocycles. The molecule has 4 atom stereocenters. The molecule has 0 bridgehead atoms. The Bertz CT molecular complexity index is 962. The van der Waals surface area contributed by atoms with Crippen LogP contribution in [0.3, 0.4) is 0 Å². The molecule has 9 heteroatoms. The molecule has 0 spiro atoms. The summed E-state index contributed by atoms with van der Waals surface area (Å²) in [5.41, 5.74) is 5.64. The van der Waals surface area contributed by atoms with Crippen LogP contribution < -0.4 is 25.3 Å². The van der Waals surface area contributed by atoms with Gasteiger partial charge in [-0.05, 0) is 42.3 Å². The van der Waals surface area contributed by atoms with Crippen molar-refractivity contribution >= 4 is 21.8 Å². The van der Waals surface area contributed by atoms with Gasteiger partial charge in [-0.2, -0.15) is 0 Å². The molecule has 4 unspecified atom stereocenters. The van der Waals surface area contributed by atoms with Gasteiger partial charge in [0.05, 0.1) is 13.2 Å². The first-order valence-electron chi connectivity index (χ1n) is 12.3. The Hall–Kier alpha value is -2.07. The molecule has 1 fully saturated rings. The second kappa shape index (κ2) is 11.3. The number of amides is 1. The Balaban J connectivity index is 1.28. The molecule has 2 aliphatic heterocycles. The zero-order valence-corrected chi connectivity index (χ0v) is 22.0. The maximum Gasteiger partial charge on any atom is 0.235 e. The Morgan fingerprint density at radius 1 is 1.37 bits per heavy atom. The molecule has 2 heterocycles. The number of hydrogen-bond acceptors (Lipinski definition) is 7. The number of aliphatic hydroxyl groups excluding tert-OH is 1. The van der Waals surface area contributed by atoms with Crippen molar-refractivity contribution in [3.63, 3.8) is 0 Å². The number of nitrogens with two attached hydrogens (primary N) is 1. The Morgan fingerprint density at radius 3 is 2.80 bits per heavy atom. The highest BCUT2D eigenvalue weighted by molar-refractivity contribution is 9.11. The van der Waals surface area contributed by atoms with Crippen LogP contribution in [0.5, 0.6) is 17.2 Å². The topological polar surface area (TPSA) is 106 Å². The first-order chi connectivity index (χ1) is 16.8. The van der Waals surface area contributed by atoms with Crippen molar-refractivity contribution in [2.45, 2.75) is 56.9 Å². The molecule has 35 heavy (non-hydrogen) atoms. The van der Waals surface area contributed by atoms with Gasteiger partial charge in [0.1, 0.15) is 18.5 Å². The van der Waals surface area contributed by atoms with Crippen LogP contribution in [-0.2, 0) is 4.79 Å². The zero-order valence-electron chi connectivity index (χ0n) is 20.4. The van der Waals surface area contributed by atoms with Gasteiger partial charge in [-0.3, -0.25) is 9.69 Å². The van der Waals surface area contributed by atoms with E-state index in [1.54, 1.807) is 19.2 Å². The van der Waals surface area contributed by atoms with Crippen LogP contribution >= 0.6 is 15.9 Å². The molecule has 4 rings (SSSR count). The lowest BCUT2D eigenvalue weighted by molar-refractivity contribution is -0.128. The number of ether oxygens (including phenoxy) is 3. The summed E-state index contributed by atoms with van der Waals surface area (Å²) >= 11 is 3.62. The lowest BCUT2D eigenvalue weighted by Crippen LogP contribution is -2.58. The van der Waals surface area contributed by atoms with E-state index in [4.69, 9.17) is 19.9 Å². The number of piperidine rings is 1. The van der Waals surface area contributed by atoms with Crippen molar-refractivity contribution in [2.24, 2.45) is 11.1 Å². The number of rotatable bonds is 9. The highest BCUT2D eigenvalue weighted by Gasteiger charge is 2.44. The highest BCUT2D eigenvalue weighted by Crippen LogP contribution is 2.43. The van der Waals surface area contributed by atoms with E-state index < -0.39 is 12.2 Å². The number of carbonyl (C=O) groups excluding carboxylic acids is 1. The number of fused-ring (bicyclic) bond motifs is 1. The van der Waals surface area contributed by atoms with Gasteiger partial charge >= 0.3 is 0 Å². The van der Waals surface area contributed by atoms with Gasteiger partial charge in [-0.15, -0.1) is 0 Å². The summed E-state index contributed by atoms with van der Waals surface area (Å²) in [4.78, 5) is 14.8. The lowest BCUT2D eigenvalue weighted by atomic mass is 9.71. The summed E-state index contributed by atoms with van der Waals surface area (Å²) in [5.74, 6) is 1.66. The number of methoxy groups -OCH3 is 1. The van der Waals surface area contributed by atoms with Gasteiger partial charge in [0.15, 0.2) is 17.6 Å². The number of hydrogen-bond donors (Lipinski definition) is 3. The standard InChI is InChI=1S/C26H36BrN3O5/c1-3-26(10-4-5-17(27)14-26)24(25(28)32)30-11-8-18(9-12-30)29-15-20(31)23-16-34-22-13-19(33-2)6-7-21(22)35-23/h4-7,10,13,18,20,23-24,29,31H,3,8-9,11-12,14-16H2,1-2H3,(H2,28,32). The van der Waals surface area contributed by atoms with E-state index >= 15 is 0 Å².